The van der Waals surface area contributed by atoms with Gasteiger partial charge in [0.05, 0.1) is 11.3 Å². The van der Waals surface area contributed by atoms with Crippen molar-refractivity contribution in [2.75, 3.05) is 11.9 Å². The van der Waals surface area contributed by atoms with Crippen molar-refractivity contribution in [3.63, 3.8) is 0 Å². The monoisotopic (exact) mass is 301 g/mol. The average molecular weight is 301 g/mol. The van der Waals surface area contributed by atoms with Crippen LogP contribution < -0.4 is 5.32 Å². The fraction of sp³-hybridized carbons (Fsp3) is 0.312. The quantitative estimate of drug-likeness (QED) is 0.853. The summed E-state index contributed by atoms with van der Waals surface area (Å²) in [6.45, 7) is 2.68. The molecule has 1 aromatic heterocycles. The second kappa shape index (κ2) is 5.85. The standard InChI is InChI=1S/C16H16FN3S/c1-10-19-15(12-4-2-3-5-14(12)17)13(9-21)16(20-10)18-8-11-6-7-11/h2-5,9,11H,6-8H2,1H3,(H,18,19,20). The summed E-state index contributed by atoms with van der Waals surface area (Å²) in [5.41, 5.74) is 1.68. The Morgan fingerprint density at radius 2 is 2.10 bits per heavy atom. The van der Waals surface area contributed by atoms with Crippen LogP contribution in [0.3, 0.4) is 0 Å². The Bertz CT molecular complexity index is 683. The Morgan fingerprint density at radius 1 is 1.33 bits per heavy atom. The fourth-order valence-corrected chi connectivity index (χ4v) is 2.47. The van der Waals surface area contributed by atoms with Gasteiger partial charge in [-0.2, -0.15) is 0 Å². The molecule has 1 aliphatic carbocycles. The van der Waals surface area contributed by atoms with Gasteiger partial charge in [0.1, 0.15) is 17.5 Å². The summed E-state index contributed by atoms with van der Waals surface area (Å²) in [6, 6.07) is 6.60. The van der Waals surface area contributed by atoms with E-state index in [9.17, 15) is 4.39 Å². The highest BCUT2D eigenvalue weighted by Gasteiger charge is 2.22. The third-order valence-electron chi connectivity index (χ3n) is 3.56. The molecule has 3 nitrogen and oxygen atoms in total. The van der Waals surface area contributed by atoms with Gasteiger partial charge in [0.2, 0.25) is 0 Å². The van der Waals surface area contributed by atoms with E-state index < -0.39 is 0 Å². The summed E-state index contributed by atoms with van der Waals surface area (Å²) in [7, 11) is 0. The number of thiocarbonyl (C=S) groups is 1. The van der Waals surface area contributed by atoms with Crippen LogP contribution in [-0.4, -0.2) is 21.9 Å². The van der Waals surface area contributed by atoms with Crippen LogP contribution in [0, 0.1) is 18.7 Å². The lowest BCUT2D eigenvalue weighted by atomic mass is 10.1. The summed E-state index contributed by atoms with van der Waals surface area (Å²) < 4.78 is 14.1. The second-order valence-electron chi connectivity index (χ2n) is 5.30. The van der Waals surface area contributed by atoms with Crippen LogP contribution in [0.15, 0.2) is 24.3 Å². The van der Waals surface area contributed by atoms with Gasteiger partial charge < -0.3 is 5.32 Å². The predicted octanol–water partition coefficient (Wildman–Crippen LogP) is 3.76. The fourth-order valence-electron chi connectivity index (χ4n) is 2.25. The highest BCUT2D eigenvalue weighted by atomic mass is 32.1. The molecule has 0 radical (unpaired) electrons. The van der Waals surface area contributed by atoms with E-state index in [1.54, 1.807) is 25.1 Å². The number of nitrogens with zero attached hydrogens (tertiary/aromatic N) is 2. The molecule has 1 N–H and O–H groups in total. The average Bonchev–Trinajstić information content (AvgIpc) is 3.29. The molecule has 0 saturated heterocycles. The topological polar surface area (TPSA) is 37.8 Å². The molecular weight excluding hydrogens is 285 g/mol. The molecule has 21 heavy (non-hydrogen) atoms. The highest BCUT2D eigenvalue weighted by Crippen LogP contribution is 2.31. The molecule has 2 aromatic rings. The number of aromatic nitrogens is 2. The molecule has 1 saturated carbocycles. The van der Waals surface area contributed by atoms with E-state index in [1.165, 1.54) is 24.3 Å². The summed E-state index contributed by atoms with van der Waals surface area (Å²) >= 11 is 5.11. The maximum atomic E-state index is 14.1. The van der Waals surface area contributed by atoms with Crippen molar-refractivity contribution in [3.8, 4) is 11.3 Å². The van der Waals surface area contributed by atoms with Crippen molar-refractivity contribution >= 4 is 23.4 Å². The Hall–Kier alpha value is -1.88. The maximum Gasteiger partial charge on any atom is 0.138 e. The lowest BCUT2D eigenvalue weighted by Crippen LogP contribution is -2.11. The molecule has 0 atom stereocenters. The number of benzene rings is 1. The van der Waals surface area contributed by atoms with Crippen molar-refractivity contribution in [1.82, 2.24) is 9.97 Å². The van der Waals surface area contributed by atoms with Gasteiger partial charge in [-0.3, -0.25) is 0 Å². The molecule has 5 heteroatoms. The van der Waals surface area contributed by atoms with Gasteiger partial charge in [-0.05, 0) is 37.8 Å². The summed E-state index contributed by atoms with van der Waals surface area (Å²) in [5, 5.41) is 4.85. The van der Waals surface area contributed by atoms with Gasteiger partial charge in [0.15, 0.2) is 0 Å². The van der Waals surface area contributed by atoms with Crippen LogP contribution in [0.2, 0.25) is 0 Å². The minimum Gasteiger partial charge on any atom is -0.369 e. The van der Waals surface area contributed by atoms with E-state index in [2.05, 4.69) is 15.3 Å². The van der Waals surface area contributed by atoms with E-state index >= 15 is 0 Å². The first-order valence-electron chi connectivity index (χ1n) is 7.01. The number of rotatable bonds is 5. The molecule has 0 spiro atoms. The molecule has 108 valence electrons. The van der Waals surface area contributed by atoms with Crippen LogP contribution in [0.4, 0.5) is 10.2 Å². The van der Waals surface area contributed by atoms with Gasteiger partial charge in [-0.1, -0.05) is 24.4 Å². The third-order valence-corrected chi connectivity index (χ3v) is 3.80. The van der Waals surface area contributed by atoms with Crippen molar-refractivity contribution in [2.45, 2.75) is 19.8 Å². The Labute approximate surface area is 128 Å². The van der Waals surface area contributed by atoms with Crippen molar-refractivity contribution in [1.29, 1.82) is 0 Å². The molecule has 1 aliphatic rings. The van der Waals surface area contributed by atoms with Crippen LogP contribution in [0.5, 0.6) is 0 Å². The van der Waals surface area contributed by atoms with Gasteiger partial charge in [0, 0.05) is 17.5 Å². The molecule has 0 aliphatic heterocycles. The molecule has 1 aromatic carbocycles. The van der Waals surface area contributed by atoms with E-state index in [4.69, 9.17) is 12.2 Å². The zero-order chi connectivity index (χ0) is 14.8. The first-order chi connectivity index (χ1) is 10.2. The molecule has 0 bridgehead atoms. The molecule has 0 amide bonds. The maximum absolute atomic E-state index is 14.1. The molecule has 1 fully saturated rings. The van der Waals surface area contributed by atoms with Gasteiger partial charge in [-0.15, -0.1) is 0 Å². The van der Waals surface area contributed by atoms with E-state index in [0.717, 1.165) is 12.5 Å². The lowest BCUT2D eigenvalue weighted by Gasteiger charge is -2.13. The lowest BCUT2D eigenvalue weighted by molar-refractivity contribution is 0.630. The Kier molecular flexibility index (Phi) is 3.92. The van der Waals surface area contributed by atoms with Crippen LogP contribution in [0.25, 0.3) is 11.3 Å². The number of nitrogens with one attached hydrogen (secondary N) is 1. The number of anilines is 1. The van der Waals surface area contributed by atoms with Crippen molar-refractivity contribution in [3.05, 3.63) is 41.5 Å². The summed E-state index contributed by atoms with van der Waals surface area (Å²) in [6.07, 6.45) is 2.51. The smallest absolute Gasteiger partial charge is 0.138 e. The second-order valence-corrected chi connectivity index (χ2v) is 5.54. The third kappa shape index (κ3) is 3.08. The largest absolute Gasteiger partial charge is 0.369 e. The molecule has 0 unspecified atom stereocenters. The molecule has 3 rings (SSSR count). The minimum atomic E-state index is -0.304. The first kappa shape index (κ1) is 14.1. The zero-order valence-electron chi connectivity index (χ0n) is 11.8. The molecule has 1 heterocycles. The minimum absolute atomic E-state index is 0.304. The van der Waals surface area contributed by atoms with Gasteiger partial charge >= 0.3 is 0 Å². The van der Waals surface area contributed by atoms with Gasteiger partial charge in [-0.25, -0.2) is 14.4 Å². The summed E-state index contributed by atoms with van der Waals surface area (Å²) in [5.74, 6) is 1.71. The Morgan fingerprint density at radius 3 is 2.76 bits per heavy atom. The number of halogens is 1. The van der Waals surface area contributed by atoms with E-state index in [0.29, 0.717) is 28.5 Å². The van der Waals surface area contributed by atoms with Crippen LogP contribution in [-0.2, 0) is 0 Å². The predicted molar refractivity (Wildman–Crippen MR) is 86.1 cm³/mol. The van der Waals surface area contributed by atoms with Crippen LogP contribution >= 0.6 is 12.2 Å². The van der Waals surface area contributed by atoms with Crippen LogP contribution in [0.1, 0.15) is 24.2 Å². The first-order valence-corrected chi connectivity index (χ1v) is 7.48. The van der Waals surface area contributed by atoms with Crippen molar-refractivity contribution in [2.24, 2.45) is 5.92 Å². The number of hydrogen-bond donors (Lipinski definition) is 1. The highest BCUT2D eigenvalue weighted by molar-refractivity contribution is 7.79. The van der Waals surface area contributed by atoms with E-state index in [-0.39, 0.29) is 5.82 Å². The van der Waals surface area contributed by atoms with Crippen molar-refractivity contribution < 1.29 is 4.39 Å². The molecular formula is C16H16FN3S. The number of aryl methyl sites for hydroxylation is 1. The zero-order valence-corrected chi connectivity index (χ0v) is 12.6. The van der Waals surface area contributed by atoms with Gasteiger partial charge in [0.25, 0.3) is 0 Å². The SMILES string of the molecule is Cc1nc(NCC2CC2)c(C=S)c(-c2ccccc2F)n1. The Balaban J connectivity index is 2.06. The normalized spacial score (nSPS) is 14.0. The van der Waals surface area contributed by atoms with E-state index in [1.807, 2.05) is 0 Å². The summed E-state index contributed by atoms with van der Waals surface area (Å²) in [4.78, 5) is 8.81. The number of hydrogen-bond acceptors (Lipinski definition) is 4.